The van der Waals surface area contributed by atoms with Crippen molar-refractivity contribution in [3.63, 3.8) is 0 Å². The van der Waals surface area contributed by atoms with Crippen LogP contribution in [-0.4, -0.2) is 30.1 Å². The molecule has 0 aliphatic heterocycles. The van der Waals surface area contributed by atoms with Gasteiger partial charge in [0, 0.05) is 18.7 Å². The summed E-state index contributed by atoms with van der Waals surface area (Å²) in [5.74, 6) is -0.512. The van der Waals surface area contributed by atoms with Gasteiger partial charge < -0.3 is 14.8 Å². The van der Waals surface area contributed by atoms with Crippen molar-refractivity contribution >= 4 is 29.7 Å². The minimum atomic E-state index is -0.806. The molecule has 3 rings (SSSR count). The third-order valence-electron chi connectivity index (χ3n) is 7.38. The quantitative estimate of drug-likeness (QED) is 0.144. The topological polar surface area (TPSA) is 77.5 Å². The lowest BCUT2D eigenvalue weighted by Crippen LogP contribution is -2.36. The van der Waals surface area contributed by atoms with Crippen molar-refractivity contribution in [3.8, 4) is 0 Å². The van der Waals surface area contributed by atoms with Gasteiger partial charge in [-0.15, -0.1) is 0 Å². The van der Waals surface area contributed by atoms with Gasteiger partial charge in [0.25, 0.3) is 0 Å². The zero-order chi connectivity index (χ0) is 29.5. The Hall–Kier alpha value is -3.77. The number of aryl methyl sites for hydroxylation is 2. The molecule has 0 atom stereocenters. The Morgan fingerprint density at radius 3 is 2.41 bits per heavy atom. The van der Waals surface area contributed by atoms with Gasteiger partial charge in [0.1, 0.15) is 0 Å². The monoisotopic (exact) mass is 556 g/mol. The fourth-order valence-electron chi connectivity index (χ4n) is 4.70. The highest BCUT2D eigenvalue weighted by atomic mass is 16.5. The van der Waals surface area contributed by atoms with Gasteiger partial charge in [-0.05, 0) is 87.4 Å². The van der Waals surface area contributed by atoms with Crippen molar-refractivity contribution in [2.45, 2.75) is 72.8 Å². The molecular weight excluding hydrogens is 512 g/mol. The van der Waals surface area contributed by atoms with Gasteiger partial charge in [-0.3, -0.25) is 14.6 Å². The second kappa shape index (κ2) is 16.5. The van der Waals surface area contributed by atoms with Gasteiger partial charge in [0.15, 0.2) is 0 Å². The highest BCUT2D eigenvalue weighted by Gasteiger charge is 2.38. The number of unbranched alkanes of at least 4 members (excludes halogenated alkanes) is 1. The number of amides is 1. The molecule has 6 heteroatoms. The molecule has 0 saturated heterocycles. The second-order valence-corrected chi connectivity index (χ2v) is 10.4. The first-order chi connectivity index (χ1) is 19.9. The summed E-state index contributed by atoms with van der Waals surface area (Å²) >= 11 is 0. The van der Waals surface area contributed by atoms with Gasteiger partial charge >= 0.3 is 5.97 Å². The molecule has 0 saturated carbocycles. The number of hydrogen-bond acceptors (Lipinski definition) is 5. The Morgan fingerprint density at radius 1 is 0.927 bits per heavy atom. The molecule has 0 unspecified atom stereocenters. The Morgan fingerprint density at radius 2 is 1.68 bits per heavy atom. The molecule has 0 radical (unpaired) electrons. The highest BCUT2D eigenvalue weighted by Crippen LogP contribution is 2.33. The van der Waals surface area contributed by atoms with E-state index in [0.717, 1.165) is 36.2 Å². The average molecular weight is 557 g/mol. The second-order valence-electron chi connectivity index (χ2n) is 10.4. The average Bonchev–Trinajstić information content (AvgIpc) is 2.98. The van der Waals surface area contributed by atoms with Crippen LogP contribution in [0.15, 0.2) is 66.7 Å². The van der Waals surface area contributed by atoms with Crippen molar-refractivity contribution in [1.29, 1.82) is 0 Å². The standard InChI is InChI=1S/C35H44N2O4/c1-5-35(6-2,34(39)41-7-3)25-33(38)37-31-15-10-13-29(24-31)21-22-30-14-11-16-32(36-30)26-40-23-9-8-12-28-19-17-27(4)18-20-28/h10-11,13-22,24H,5-9,12,23,25-26H2,1-4H3,(H,37,38). The predicted molar refractivity (Wildman–Crippen MR) is 166 cm³/mol. The summed E-state index contributed by atoms with van der Waals surface area (Å²) in [6.45, 7) is 9.22. The molecular formula is C35H44N2O4. The third kappa shape index (κ3) is 10.3. The number of carbonyl (C=O) groups is 2. The van der Waals surface area contributed by atoms with Gasteiger partial charge in [-0.25, -0.2) is 0 Å². The number of carbonyl (C=O) groups excluding carboxylic acids is 2. The van der Waals surface area contributed by atoms with Gasteiger partial charge in [0.05, 0.1) is 30.0 Å². The molecule has 1 amide bonds. The van der Waals surface area contributed by atoms with Crippen LogP contribution >= 0.6 is 0 Å². The Bertz CT molecular complexity index is 1280. The number of anilines is 1. The summed E-state index contributed by atoms with van der Waals surface area (Å²) in [6.07, 6.45) is 8.28. The van der Waals surface area contributed by atoms with Crippen molar-refractivity contribution in [2.75, 3.05) is 18.5 Å². The van der Waals surface area contributed by atoms with Crippen molar-refractivity contribution in [3.05, 3.63) is 94.8 Å². The molecule has 1 N–H and O–H groups in total. The maximum absolute atomic E-state index is 12.8. The van der Waals surface area contributed by atoms with E-state index in [-0.39, 0.29) is 18.3 Å². The molecule has 6 nitrogen and oxygen atoms in total. The summed E-state index contributed by atoms with van der Waals surface area (Å²) < 4.78 is 11.1. The molecule has 0 aliphatic rings. The van der Waals surface area contributed by atoms with Gasteiger partial charge in [-0.1, -0.05) is 68.0 Å². The van der Waals surface area contributed by atoms with Crippen LogP contribution in [0.4, 0.5) is 5.69 Å². The molecule has 0 aliphatic carbocycles. The minimum absolute atomic E-state index is 0.0877. The first kappa shape index (κ1) is 31.8. The molecule has 0 spiro atoms. The van der Waals surface area contributed by atoms with Crippen LogP contribution in [-0.2, 0) is 32.1 Å². The molecule has 0 bridgehead atoms. The normalized spacial score (nSPS) is 11.5. The Balaban J connectivity index is 1.49. The van der Waals surface area contributed by atoms with Crippen LogP contribution < -0.4 is 5.32 Å². The third-order valence-corrected chi connectivity index (χ3v) is 7.38. The van der Waals surface area contributed by atoms with E-state index in [0.29, 0.717) is 38.3 Å². The lowest BCUT2D eigenvalue weighted by molar-refractivity contribution is -0.158. The fourth-order valence-corrected chi connectivity index (χ4v) is 4.70. The molecule has 41 heavy (non-hydrogen) atoms. The minimum Gasteiger partial charge on any atom is -0.466 e. The number of nitrogens with one attached hydrogen (secondary N) is 1. The van der Waals surface area contributed by atoms with Crippen molar-refractivity contribution < 1.29 is 19.1 Å². The first-order valence-electron chi connectivity index (χ1n) is 14.7. The zero-order valence-corrected chi connectivity index (χ0v) is 24.9. The summed E-state index contributed by atoms with van der Waals surface area (Å²) in [6, 6.07) is 22.2. The van der Waals surface area contributed by atoms with E-state index in [1.165, 1.54) is 11.1 Å². The number of nitrogens with zero attached hydrogens (tertiary/aromatic N) is 1. The van der Waals surface area contributed by atoms with E-state index >= 15 is 0 Å². The largest absolute Gasteiger partial charge is 0.466 e. The predicted octanol–water partition coefficient (Wildman–Crippen LogP) is 7.80. The van der Waals surface area contributed by atoms with E-state index in [1.54, 1.807) is 6.92 Å². The van der Waals surface area contributed by atoms with E-state index in [1.807, 2.05) is 68.5 Å². The molecule has 1 heterocycles. The number of benzene rings is 2. The molecule has 3 aromatic rings. The van der Waals surface area contributed by atoms with Crippen LogP contribution in [0.1, 0.15) is 81.0 Å². The number of hydrogen-bond donors (Lipinski definition) is 1. The summed E-state index contributed by atoms with van der Waals surface area (Å²) in [5.41, 5.74) is 5.20. The number of rotatable bonds is 16. The SMILES string of the molecule is CCOC(=O)C(CC)(CC)CC(=O)Nc1cccc(C=Cc2cccc(COCCCCc3ccc(C)cc3)n2)c1. The van der Waals surface area contributed by atoms with Crippen molar-refractivity contribution in [2.24, 2.45) is 5.41 Å². The van der Waals surface area contributed by atoms with Crippen molar-refractivity contribution in [1.82, 2.24) is 4.98 Å². The number of pyridine rings is 1. The lowest BCUT2D eigenvalue weighted by atomic mass is 9.79. The zero-order valence-electron chi connectivity index (χ0n) is 24.9. The Kier molecular flexibility index (Phi) is 12.8. The smallest absolute Gasteiger partial charge is 0.312 e. The number of ether oxygens (including phenoxy) is 2. The maximum atomic E-state index is 12.8. The number of esters is 1. The summed E-state index contributed by atoms with van der Waals surface area (Å²) in [4.78, 5) is 30.1. The molecule has 2 aromatic carbocycles. The molecule has 1 aromatic heterocycles. The summed E-state index contributed by atoms with van der Waals surface area (Å²) in [5, 5.41) is 2.95. The lowest BCUT2D eigenvalue weighted by Gasteiger charge is -2.28. The fraction of sp³-hybridized carbons (Fsp3) is 0.400. The van der Waals surface area contributed by atoms with Crippen LogP contribution in [0.2, 0.25) is 0 Å². The summed E-state index contributed by atoms with van der Waals surface area (Å²) in [7, 11) is 0. The van der Waals surface area contributed by atoms with Gasteiger partial charge in [0.2, 0.25) is 5.91 Å². The van der Waals surface area contributed by atoms with Gasteiger partial charge in [-0.2, -0.15) is 0 Å². The van der Waals surface area contributed by atoms with E-state index in [4.69, 9.17) is 14.5 Å². The van der Waals surface area contributed by atoms with Crippen LogP contribution in [0.5, 0.6) is 0 Å². The van der Waals surface area contributed by atoms with E-state index < -0.39 is 5.41 Å². The molecule has 0 fully saturated rings. The highest BCUT2D eigenvalue weighted by molar-refractivity contribution is 5.94. The van der Waals surface area contributed by atoms with E-state index in [2.05, 4.69) is 36.5 Å². The maximum Gasteiger partial charge on any atom is 0.312 e. The van der Waals surface area contributed by atoms with Crippen LogP contribution in [0, 0.1) is 12.3 Å². The van der Waals surface area contributed by atoms with Crippen LogP contribution in [0.25, 0.3) is 12.2 Å². The molecule has 218 valence electrons. The Labute approximate surface area is 245 Å². The van der Waals surface area contributed by atoms with E-state index in [9.17, 15) is 9.59 Å². The number of aromatic nitrogens is 1. The van der Waals surface area contributed by atoms with Crippen LogP contribution in [0.3, 0.4) is 0 Å². The first-order valence-corrected chi connectivity index (χ1v) is 14.7.